The van der Waals surface area contributed by atoms with Gasteiger partial charge in [0.05, 0.1) is 11.6 Å². The van der Waals surface area contributed by atoms with Crippen molar-refractivity contribution in [3.8, 4) is 0 Å². The van der Waals surface area contributed by atoms with E-state index in [2.05, 4.69) is 19.1 Å². The quantitative estimate of drug-likeness (QED) is 0.749. The van der Waals surface area contributed by atoms with Gasteiger partial charge in [-0.05, 0) is 43.3 Å². The maximum atomic E-state index is 12.3. The van der Waals surface area contributed by atoms with Gasteiger partial charge in [-0.2, -0.15) is 0 Å². The first-order valence-corrected chi connectivity index (χ1v) is 7.44. The van der Waals surface area contributed by atoms with Crippen LogP contribution in [-0.4, -0.2) is 24.3 Å². The summed E-state index contributed by atoms with van der Waals surface area (Å²) in [5.74, 6) is -0.00671. The molecule has 0 amide bonds. The van der Waals surface area contributed by atoms with Gasteiger partial charge in [0.1, 0.15) is 0 Å². The smallest absolute Gasteiger partial charge is 0.178 e. The van der Waals surface area contributed by atoms with E-state index in [1.807, 2.05) is 24.1 Å². The normalized spacial score (nSPS) is 10.9. The molecule has 110 valence electrons. The van der Waals surface area contributed by atoms with E-state index in [0.29, 0.717) is 22.2 Å². The zero-order valence-electron chi connectivity index (χ0n) is 12.1. The van der Waals surface area contributed by atoms with Gasteiger partial charge in [-0.15, -0.1) is 0 Å². The molecule has 0 atom stereocenters. The van der Waals surface area contributed by atoms with E-state index < -0.39 is 0 Å². The van der Waals surface area contributed by atoms with Gasteiger partial charge in [-0.25, -0.2) is 0 Å². The van der Waals surface area contributed by atoms with Crippen LogP contribution in [0.3, 0.4) is 0 Å². The van der Waals surface area contributed by atoms with Crippen molar-refractivity contribution in [3.05, 3.63) is 69.2 Å². The molecule has 0 N–H and O–H groups in total. The number of Topliss-reactive ketones (excluding diaryl/α,β-unsaturated/α-hetero) is 1. The minimum absolute atomic E-state index is 0.00671. The van der Waals surface area contributed by atoms with Gasteiger partial charge in [0.2, 0.25) is 0 Å². The minimum atomic E-state index is -0.00671. The number of rotatable bonds is 5. The number of nitrogens with zero attached hydrogens (tertiary/aromatic N) is 1. The fourth-order valence-electron chi connectivity index (χ4n) is 2.18. The molecule has 0 saturated carbocycles. The van der Waals surface area contributed by atoms with E-state index in [9.17, 15) is 4.79 Å². The van der Waals surface area contributed by atoms with Crippen LogP contribution in [0.15, 0.2) is 42.5 Å². The molecule has 0 radical (unpaired) electrons. The van der Waals surface area contributed by atoms with Crippen LogP contribution >= 0.6 is 23.2 Å². The molecule has 0 unspecified atom stereocenters. The second-order valence-corrected chi connectivity index (χ2v) is 5.99. The molecule has 21 heavy (non-hydrogen) atoms. The van der Waals surface area contributed by atoms with E-state index >= 15 is 0 Å². The first-order chi connectivity index (χ1) is 9.97. The van der Waals surface area contributed by atoms with Crippen molar-refractivity contribution >= 4 is 29.0 Å². The number of carbonyl (C=O) groups excluding carboxylic acids is 1. The molecule has 0 fully saturated rings. The second kappa shape index (κ2) is 7.08. The summed E-state index contributed by atoms with van der Waals surface area (Å²) in [5.41, 5.74) is 2.95. The highest BCUT2D eigenvalue weighted by Crippen LogP contribution is 2.21. The summed E-state index contributed by atoms with van der Waals surface area (Å²) in [5, 5.41) is 0.932. The summed E-state index contributed by atoms with van der Waals surface area (Å²) >= 11 is 11.9. The predicted molar refractivity (Wildman–Crippen MR) is 88.3 cm³/mol. The average Bonchev–Trinajstić information content (AvgIpc) is 2.41. The molecule has 2 aromatic rings. The number of benzene rings is 2. The summed E-state index contributed by atoms with van der Waals surface area (Å²) in [4.78, 5) is 14.3. The van der Waals surface area contributed by atoms with Crippen LogP contribution in [0.1, 0.15) is 21.5 Å². The van der Waals surface area contributed by atoms with Gasteiger partial charge >= 0.3 is 0 Å². The molecule has 2 nitrogen and oxygen atoms in total. The molecule has 0 heterocycles. The summed E-state index contributed by atoms with van der Waals surface area (Å²) < 4.78 is 0. The van der Waals surface area contributed by atoms with Crippen molar-refractivity contribution in [3.63, 3.8) is 0 Å². The van der Waals surface area contributed by atoms with E-state index in [1.165, 1.54) is 11.1 Å². The highest BCUT2D eigenvalue weighted by atomic mass is 35.5. The van der Waals surface area contributed by atoms with Crippen molar-refractivity contribution in [2.45, 2.75) is 13.5 Å². The molecule has 0 aliphatic heterocycles. The Hall–Kier alpha value is -1.35. The summed E-state index contributed by atoms with van der Waals surface area (Å²) in [7, 11) is 1.92. The topological polar surface area (TPSA) is 20.3 Å². The minimum Gasteiger partial charge on any atom is -0.295 e. The number of hydrogen-bond donors (Lipinski definition) is 0. The third-order valence-electron chi connectivity index (χ3n) is 3.35. The largest absolute Gasteiger partial charge is 0.295 e. The third kappa shape index (κ3) is 4.31. The molecule has 0 bridgehead atoms. The first-order valence-electron chi connectivity index (χ1n) is 6.68. The maximum absolute atomic E-state index is 12.3. The van der Waals surface area contributed by atoms with Crippen molar-refractivity contribution in [2.75, 3.05) is 13.6 Å². The lowest BCUT2D eigenvalue weighted by Gasteiger charge is -2.17. The second-order valence-electron chi connectivity index (χ2n) is 5.15. The van der Waals surface area contributed by atoms with E-state index in [-0.39, 0.29) is 5.78 Å². The lowest BCUT2D eigenvalue weighted by molar-refractivity contribution is 0.0943. The van der Waals surface area contributed by atoms with E-state index in [4.69, 9.17) is 23.2 Å². The molecule has 0 aliphatic rings. The Morgan fingerprint density at radius 3 is 2.52 bits per heavy atom. The van der Waals surface area contributed by atoms with Gasteiger partial charge in [-0.3, -0.25) is 9.69 Å². The molecule has 0 aliphatic carbocycles. The highest BCUT2D eigenvalue weighted by Gasteiger charge is 2.13. The van der Waals surface area contributed by atoms with Crippen LogP contribution in [0.5, 0.6) is 0 Å². The summed E-state index contributed by atoms with van der Waals surface area (Å²) in [6.45, 7) is 3.11. The number of aryl methyl sites for hydroxylation is 1. The maximum Gasteiger partial charge on any atom is 0.178 e. The number of hydrogen-bond acceptors (Lipinski definition) is 2. The molecule has 0 aromatic heterocycles. The number of ketones is 1. The van der Waals surface area contributed by atoms with Crippen molar-refractivity contribution in [1.82, 2.24) is 4.90 Å². The Bertz CT molecular complexity index is 655. The molecule has 2 rings (SSSR count). The number of halogens is 2. The van der Waals surface area contributed by atoms with Crippen molar-refractivity contribution in [2.24, 2.45) is 0 Å². The van der Waals surface area contributed by atoms with Gasteiger partial charge in [0, 0.05) is 17.1 Å². The van der Waals surface area contributed by atoms with E-state index in [0.717, 1.165) is 6.54 Å². The molecular formula is C17H17Cl2NO. The Labute approximate surface area is 135 Å². The van der Waals surface area contributed by atoms with E-state index in [1.54, 1.807) is 18.2 Å². The Kier molecular flexibility index (Phi) is 5.40. The van der Waals surface area contributed by atoms with Gasteiger partial charge in [0.15, 0.2) is 5.78 Å². The van der Waals surface area contributed by atoms with Crippen molar-refractivity contribution < 1.29 is 4.79 Å². The Morgan fingerprint density at radius 1 is 1.14 bits per heavy atom. The van der Waals surface area contributed by atoms with Crippen molar-refractivity contribution in [1.29, 1.82) is 0 Å². The zero-order valence-corrected chi connectivity index (χ0v) is 13.6. The monoisotopic (exact) mass is 321 g/mol. The standard InChI is InChI=1S/C17H17Cl2NO/c1-12-5-3-4-6-13(12)10-20(2)11-17(21)15-8-7-14(18)9-16(15)19/h3-9H,10-11H2,1-2H3. The SMILES string of the molecule is Cc1ccccc1CN(C)CC(=O)c1ccc(Cl)cc1Cl. The summed E-state index contributed by atoms with van der Waals surface area (Å²) in [6.07, 6.45) is 0. The van der Waals surface area contributed by atoms with Gasteiger partial charge < -0.3 is 0 Å². The number of likely N-dealkylation sites (N-methyl/N-ethyl adjacent to an activating group) is 1. The molecule has 0 saturated heterocycles. The lowest BCUT2D eigenvalue weighted by Crippen LogP contribution is -2.26. The van der Waals surface area contributed by atoms with Crippen LogP contribution in [0.4, 0.5) is 0 Å². The van der Waals surface area contributed by atoms with Crippen LogP contribution < -0.4 is 0 Å². The number of carbonyl (C=O) groups is 1. The van der Waals surface area contributed by atoms with Crippen LogP contribution in [-0.2, 0) is 6.54 Å². The molecule has 4 heteroatoms. The van der Waals surface area contributed by atoms with Crippen LogP contribution in [0.2, 0.25) is 10.0 Å². The molecular weight excluding hydrogens is 305 g/mol. The Morgan fingerprint density at radius 2 is 1.86 bits per heavy atom. The van der Waals surface area contributed by atoms with Crippen LogP contribution in [0, 0.1) is 6.92 Å². The van der Waals surface area contributed by atoms with Gasteiger partial charge in [-0.1, -0.05) is 47.5 Å². The first kappa shape index (κ1) is 16.0. The summed E-state index contributed by atoms with van der Waals surface area (Å²) in [6, 6.07) is 13.1. The molecule has 0 spiro atoms. The lowest BCUT2D eigenvalue weighted by atomic mass is 10.1. The fraction of sp³-hybridized carbons (Fsp3) is 0.235. The third-order valence-corrected chi connectivity index (χ3v) is 3.89. The highest BCUT2D eigenvalue weighted by molar-refractivity contribution is 6.36. The predicted octanol–water partition coefficient (Wildman–Crippen LogP) is 4.62. The Balaban J connectivity index is 2.04. The van der Waals surface area contributed by atoms with Crippen LogP contribution in [0.25, 0.3) is 0 Å². The fourth-order valence-corrected chi connectivity index (χ4v) is 2.69. The molecule has 2 aromatic carbocycles. The average molecular weight is 322 g/mol. The van der Waals surface area contributed by atoms with Gasteiger partial charge in [0.25, 0.3) is 0 Å². The zero-order chi connectivity index (χ0) is 15.4.